The van der Waals surface area contributed by atoms with Gasteiger partial charge in [-0.15, -0.1) is 0 Å². The van der Waals surface area contributed by atoms with E-state index in [2.05, 4.69) is 19.8 Å². The number of likely N-dealkylation sites (tertiary alicyclic amines) is 1. The average molecular weight is 404 g/mol. The van der Waals surface area contributed by atoms with Crippen molar-refractivity contribution in [3.8, 4) is 22.6 Å². The van der Waals surface area contributed by atoms with Gasteiger partial charge in [0.1, 0.15) is 11.6 Å². The van der Waals surface area contributed by atoms with E-state index in [0.717, 1.165) is 47.9 Å². The predicted octanol–water partition coefficient (Wildman–Crippen LogP) is 3.91. The lowest BCUT2D eigenvalue weighted by molar-refractivity contribution is 0.156. The van der Waals surface area contributed by atoms with Crippen LogP contribution in [-0.2, 0) is 6.42 Å². The molecule has 3 aromatic rings. The van der Waals surface area contributed by atoms with Crippen LogP contribution in [0.3, 0.4) is 0 Å². The summed E-state index contributed by atoms with van der Waals surface area (Å²) in [6.45, 7) is 3.42. The zero-order valence-electron chi connectivity index (χ0n) is 16.9. The first-order valence-corrected chi connectivity index (χ1v) is 10.9. The Kier molecular flexibility index (Phi) is 4.30. The van der Waals surface area contributed by atoms with E-state index in [4.69, 9.17) is 9.97 Å². The Labute approximate surface area is 175 Å². The first-order valence-electron chi connectivity index (χ1n) is 10.9. The van der Waals surface area contributed by atoms with Crippen molar-refractivity contribution in [3.05, 3.63) is 48.2 Å². The topological polar surface area (TPSA) is 58.9 Å². The second-order valence-corrected chi connectivity index (χ2v) is 8.63. The van der Waals surface area contributed by atoms with Crippen molar-refractivity contribution in [1.82, 2.24) is 24.4 Å². The third-order valence-corrected chi connectivity index (χ3v) is 6.39. The molecular weight excluding hydrogens is 379 g/mol. The zero-order valence-corrected chi connectivity index (χ0v) is 16.9. The lowest BCUT2D eigenvalue weighted by Crippen LogP contribution is -2.40. The molecular formula is C23H25FN6. The third-order valence-electron chi connectivity index (χ3n) is 6.39. The number of nitrogens with zero attached hydrogens (tertiary/aromatic N) is 5. The second-order valence-electron chi connectivity index (χ2n) is 8.63. The summed E-state index contributed by atoms with van der Waals surface area (Å²) in [5.41, 5.74) is 3.71. The van der Waals surface area contributed by atoms with Gasteiger partial charge in [0.15, 0.2) is 0 Å². The highest BCUT2D eigenvalue weighted by Crippen LogP contribution is 2.40. The van der Waals surface area contributed by atoms with E-state index < -0.39 is 0 Å². The monoisotopic (exact) mass is 404 g/mol. The molecule has 1 aliphatic carbocycles. The molecule has 3 aliphatic rings. The van der Waals surface area contributed by atoms with E-state index >= 15 is 0 Å². The van der Waals surface area contributed by atoms with E-state index in [9.17, 15) is 4.39 Å². The molecule has 2 fully saturated rings. The van der Waals surface area contributed by atoms with Gasteiger partial charge in [0, 0.05) is 36.8 Å². The van der Waals surface area contributed by atoms with Crippen LogP contribution in [0.25, 0.3) is 22.6 Å². The summed E-state index contributed by atoms with van der Waals surface area (Å²) in [5, 5.41) is 3.40. The van der Waals surface area contributed by atoms with Crippen LogP contribution < -0.4 is 5.32 Å². The van der Waals surface area contributed by atoms with E-state index in [0.29, 0.717) is 18.0 Å². The number of rotatable bonds is 6. The van der Waals surface area contributed by atoms with Crippen LogP contribution in [0.15, 0.2) is 36.5 Å². The number of nitrogens with one attached hydrogen (secondary N) is 1. The largest absolute Gasteiger partial charge is 0.351 e. The van der Waals surface area contributed by atoms with E-state index in [1.165, 1.54) is 44.5 Å². The molecule has 6 nitrogen and oxygen atoms in total. The molecule has 1 aromatic carbocycles. The van der Waals surface area contributed by atoms with Crippen molar-refractivity contribution in [2.24, 2.45) is 0 Å². The first kappa shape index (κ1) is 18.0. The Morgan fingerprint density at radius 2 is 1.87 bits per heavy atom. The van der Waals surface area contributed by atoms with Gasteiger partial charge in [0.05, 0.1) is 17.1 Å². The minimum atomic E-state index is -0.235. The van der Waals surface area contributed by atoms with Crippen molar-refractivity contribution in [1.29, 1.82) is 0 Å². The number of aryl methyl sites for hydroxylation is 1. The highest BCUT2D eigenvalue weighted by molar-refractivity contribution is 5.78. The van der Waals surface area contributed by atoms with Crippen LogP contribution in [-0.4, -0.2) is 50.1 Å². The molecule has 2 aliphatic heterocycles. The first-order chi connectivity index (χ1) is 14.7. The third kappa shape index (κ3) is 3.27. The van der Waals surface area contributed by atoms with Crippen LogP contribution in [0.5, 0.6) is 0 Å². The minimum Gasteiger partial charge on any atom is -0.351 e. The molecule has 2 aromatic heterocycles. The van der Waals surface area contributed by atoms with Gasteiger partial charge < -0.3 is 14.8 Å². The van der Waals surface area contributed by atoms with Gasteiger partial charge in [-0.2, -0.15) is 0 Å². The average Bonchev–Trinajstić information content (AvgIpc) is 3.32. The van der Waals surface area contributed by atoms with Crippen molar-refractivity contribution in [2.75, 3.05) is 25.0 Å². The molecule has 1 saturated heterocycles. The lowest BCUT2D eigenvalue weighted by Gasteiger charge is -2.33. The standard InChI is InChI=1S/C23H25FN6/c24-16-4-2-15(3-5-16)21-22(19-10-11-25-23(27-19)26-17-6-7-17)30-18(8-9-20(30)28-21)14-29-12-1-13-29/h2-5,10-11,17-18H,1,6-9,12-14H2,(H,25,26,27). The lowest BCUT2D eigenvalue weighted by atomic mass is 10.1. The van der Waals surface area contributed by atoms with Gasteiger partial charge in [0.25, 0.3) is 0 Å². The number of hydrogen-bond acceptors (Lipinski definition) is 5. The molecule has 1 N–H and O–H groups in total. The van der Waals surface area contributed by atoms with Crippen LogP contribution in [0.1, 0.15) is 37.5 Å². The summed E-state index contributed by atoms with van der Waals surface area (Å²) < 4.78 is 15.9. The molecule has 154 valence electrons. The zero-order chi connectivity index (χ0) is 20.1. The SMILES string of the molecule is Fc1ccc(-c2nc3n(c2-c2ccnc(NC4CC4)n2)C(CN2CCC2)CC3)cc1. The Morgan fingerprint density at radius 1 is 1.03 bits per heavy atom. The molecule has 1 atom stereocenters. The summed E-state index contributed by atoms with van der Waals surface area (Å²) in [7, 11) is 0. The fourth-order valence-corrected chi connectivity index (χ4v) is 4.53. The molecule has 0 spiro atoms. The Morgan fingerprint density at radius 3 is 2.60 bits per heavy atom. The molecule has 0 bridgehead atoms. The van der Waals surface area contributed by atoms with Gasteiger partial charge in [-0.3, -0.25) is 0 Å². The smallest absolute Gasteiger partial charge is 0.223 e. The molecule has 30 heavy (non-hydrogen) atoms. The highest BCUT2D eigenvalue weighted by Gasteiger charge is 2.33. The Hall–Kier alpha value is -2.80. The van der Waals surface area contributed by atoms with Gasteiger partial charge in [0.2, 0.25) is 5.95 Å². The van der Waals surface area contributed by atoms with Gasteiger partial charge in [-0.05, 0) is 69.1 Å². The Bertz CT molecular complexity index is 1070. The molecule has 4 heterocycles. The summed E-state index contributed by atoms with van der Waals surface area (Å²) in [6.07, 6.45) is 7.53. The summed E-state index contributed by atoms with van der Waals surface area (Å²) in [6, 6.07) is 9.48. The predicted molar refractivity (Wildman–Crippen MR) is 114 cm³/mol. The van der Waals surface area contributed by atoms with Gasteiger partial charge in [-0.1, -0.05) is 0 Å². The number of hydrogen-bond donors (Lipinski definition) is 1. The molecule has 0 amide bonds. The quantitative estimate of drug-likeness (QED) is 0.675. The van der Waals surface area contributed by atoms with Crippen LogP contribution in [0, 0.1) is 5.82 Å². The summed E-state index contributed by atoms with van der Waals surface area (Å²) in [4.78, 5) is 16.8. The molecule has 0 radical (unpaired) electrons. The normalized spacial score (nSPS) is 20.8. The van der Waals surface area contributed by atoms with Crippen LogP contribution >= 0.6 is 0 Å². The minimum absolute atomic E-state index is 0.235. The Balaban J connectivity index is 1.46. The van der Waals surface area contributed by atoms with E-state index in [1.807, 2.05) is 24.4 Å². The number of halogens is 1. The van der Waals surface area contributed by atoms with Crippen molar-refractivity contribution in [3.63, 3.8) is 0 Å². The summed E-state index contributed by atoms with van der Waals surface area (Å²) >= 11 is 0. The number of anilines is 1. The number of benzene rings is 1. The van der Waals surface area contributed by atoms with Gasteiger partial charge in [-0.25, -0.2) is 19.3 Å². The van der Waals surface area contributed by atoms with Crippen molar-refractivity contribution >= 4 is 5.95 Å². The van der Waals surface area contributed by atoms with Crippen molar-refractivity contribution in [2.45, 2.75) is 44.2 Å². The molecule has 7 heteroatoms. The number of imidazole rings is 1. The molecule has 6 rings (SSSR count). The molecule has 1 saturated carbocycles. The van der Waals surface area contributed by atoms with Crippen molar-refractivity contribution < 1.29 is 4.39 Å². The second kappa shape index (κ2) is 7.16. The maximum atomic E-state index is 13.6. The van der Waals surface area contributed by atoms with Crippen LogP contribution in [0.2, 0.25) is 0 Å². The fraction of sp³-hybridized carbons (Fsp3) is 0.435. The van der Waals surface area contributed by atoms with E-state index in [-0.39, 0.29) is 5.82 Å². The number of fused-ring (bicyclic) bond motifs is 1. The van der Waals surface area contributed by atoms with Crippen LogP contribution in [0.4, 0.5) is 10.3 Å². The maximum absolute atomic E-state index is 13.6. The highest BCUT2D eigenvalue weighted by atomic mass is 19.1. The van der Waals surface area contributed by atoms with Gasteiger partial charge >= 0.3 is 0 Å². The number of aromatic nitrogens is 4. The summed E-state index contributed by atoms with van der Waals surface area (Å²) in [5.74, 6) is 1.54. The molecule has 1 unspecified atom stereocenters. The fourth-order valence-electron chi connectivity index (χ4n) is 4.53. The maximum Gasteiger partial charge on any atom is 0.223 e. The van der Waals surface area contributed by atoms with E-state index in [1.54, 1.807) is 0 Å².